The molecular weight excluding hydrogens is 206 g/mol. The number of ether oxygens (including phenoxy) is 2. The summed E-state index contributed by atoms with van der Waals surface area (Å²) in [5.41, 5.74) is 1.31. The van der Waals surface area contributed by atoms with E-state index < -0.39 is 0 Å². The molecule has 0 radical (unpaired) electrons. The molecule has 0 N–H and O–H groups in total. The van der Waals surface area contributed by atoms with E-state index in [4.69, 9.17) is 14.7 Å². The summed E-state index contributed by atoms with van der Waals surface area (Å²) in [4.78, 5) is 11.7. The average molecular weight is 217 g/mol. The SMILES string of the molecule is COc1cc2c(cc1OC)C(C#N)CC2=O. The molecule has 4 heteroatoms. The van der Waals surface area contributed by atoms with Gasteiger partial charge in [-0.15, -0.1) is 0 Å². The van der Waals surface area contributed by atoms with Gasteiger partial charge in [-0.1, -0.05) is 0 Å². The summed E-state index contributed by atoms with van der Waals surface area (Å²) < 4.78 is 10.3. The lowest BCUT2D eigenvalue weighted by atomic mass is 10.0. The summed E-state index contributed by atoms with van der Waals surface area (Å²) >= 11 is 0. The Bertz CT molecular complexity index is 488. The maximum atomic E-state index is 11.7. The molecule has 0 amide bonds. The number of carbonyl (C=O) groups is 1. The lowest BCUT2D eigenvalue weighted by Gasteiger charge is -2.10. The van der Waals surface area contributed by atoms with Crippen LogP contribution in [-0.4, -0.2) is 20.0 Å². The van der Waals surface area contributed by atoms with Gasteiger partial charge in [-0.05, 0) is 17.7 Å². The lowest BCUT2D eigenvalue weighted by Crippen LogP contribution is -1.96. The standard InChI is InChI=1S/C12H11NO3/c1-15-11-4-8-7(6-13)3-10(14)9(8)5-12(11)16-2/h4-5,7H,3H2,1-2H3. The summed E-state index contributed by atoms with van der Waals surface area (Å²) in [6.07, 6.45) is 0.252. The van der Waals surface area contributed by atoms with Crippen LogP contribution in [0, 0.1) is 11.3 Å². The first-order valence-electron chi connectivity index (χ1n) is 4.90. The fourth-order valence-corrected chi connectivity index (χ4v) is 1.94. The highest BCUT2D eigenvalue weighted by Gasteiger charge is 2.31. The zero-order chi connectivity index (χ0) is 11.7. The molecule has 1 atom stereocenters. The van der Waals surface area contributed by atoms with Gasteiger partial charge in [0.15, 0.2) is 17.3 Å². The van der Waals surface area contributed by atoms with Crippen LogP contribution in [0.15, 0.2) is 12.1 Å². The van der Waals surface area contributed by atoms with Crippen molar-refractivity contribution in [3.05, 3.63) is 23.3 Å². The Morgan fingerprint density at radius 2 is 1.94 bits per heavy atom. The van der Waals surface area contributed by atoms with E-state index in [9.17, 15) is 4.79 Å². The van der Waals surface area contributed by atoms with Crippen molar-refractivity contribution in [2.45, 2.75) is 12.3 Å². The number of Topliss-reactive ketones (excluding diaryl/α,β-unsaturated/α-hetero) is 1. The third kappa shape index (κ3) is 1.41. The summed E-state index contributed by atoms with van der Waals surface area (Å²) in [6.45, 7) is 0. The van der Waals surface area contributed by atoms with E-state index in [1.807, 2.05) is 0 Å². The molecule has 1 aliphatic rings. The quantitative estimate of drug-likeness (QED) is 0.759. The Morgan fingerprint density at radius 3 is 2.50 bits per heavy atom. The van der Waals surface area contributed by atoms with Gasteiger partial charge >= 0.3 is 0 Å². The second kappa shape index (κ2) is 3.86. The number of hydrogen-bond donors (Lipinski definition) is 0. The number of methoxy groups -OCH3 is 2. The van der Waals surface area contributed by atoms with Crippen LogP contribution in [0.1, 0.15) is 28.3 Å². The number of fused-ring (bicyclic) bond motifs is 1. The number of benzene rings is 1. The molecule has 0 bridgehead atoms. The van der Waals surface area contributed by atoms with Crippen molar-refractivity contribution in [2.24, 2.45) is 0 Å². The minimum Gasteiger partial charge on any atom is -0.493 e. The highest BCUT2D eigenvalue weighted by Crippen LogP contribution is 2.39. The van der Waals surface area contributed by atoms with E-state index >= 15 is 0 Å². The molecule has 2 rings (SSSR count). The highest BCUT2D eigenvalue weighted by atomic mass is 16.5. The lowest BCUT2D eigenvalue weighted by molar-refractivity contribution is 0.0992. The van der Waals surface area contributed by atoms with Gasteiger partial charge in [0.05, 0.1) is 26.2 Å². The molecule has 1 aliphatic carbocycles. The number of carbonyl (C=O) groups excluding carboxylic acids is 1. The molecular formula is C12H11NO3. The van der Waals surface area contributed by atoms with Crippen molar-refractivity contribution >= 4 is 5.78 Å². The van der Waals surface area contributed by atoms with E-state index in [1.165, 1.54) is 14.2 Å². The van der Waals surface area contributed by atoms with Crippen LogP contribution < -0.4 is 9.47 Å². The topological polar surface area (TPSA) is 59.3 Å². The van der Waals surface area contributed by atoms with Gasteiger partial charge in [-0.25, -0.2) is 0 Å². The molecule has 4 nitrogen and oxygen atoms in total. The molecule has 16 heavy (non-hydrogen) atoms. The van der Waals surface area contributed by atoms with E-state index in [0.29, 0.717) is 17.1 Å². The number of hydrogen-bond acceptors (Lipinski definition) is 4. The molecule has 82 valence electrons. The molecule has 1 aromatic carbocycles. The van der Waals surface area contributed by atoms with Crippen LogP contribution in [0.4, 0.5) is 0 Å². The predicted octanol–water partition coefficient (Wildman–Crippen LogP) is 1.90. The third-order valence-electron chi connectivity index (χ3n) is 2.78. The highest BCUT2D eigenvalue weighted by molar-refractivity contribution is 6.02. The van der Waals surface area contributed by atoms with Crippen LogP contribution >= 0.6 is 0 Å². The second-order valence-electron chi connectivity index (χ2n) is 3.60. The molecule has 0 spiro atoms. The number of nitriles is 1. The normalized spacial score (nSPS) is 17.8. The largest absolute Gasteiger partial charge is 0.493 e. The van der Waals surface area contributed by atoms with Gasteiger partial charge in [-0.2, -0.15) is 5.26 Å². The van der Waals surface area contributed by atoms with Crippen molar-refractivity contribution in [2.75, 3.05) is 14.2 Å². The molecule has 0 saturated carbocycles. The smallest absolute Gasteiger partial charge is 0.164 e. The Kier molecular flexibility index (Phi) is 2.53. The molecule has 0 fully saturated rings. The van der Waals surface area contributed by atoms with Crippen molar-refractivity contribution < 1.29 is 14.3 Å². The van der Waals surface area contributed by atoms with Crippen molar-refractivity contribution in [1.29, 1.82) is 5.26 Å². The fraction of sp³-hybridized carbons (Fsp3) is 0.333. The van der Waals surface area contributed by atoms with Gasteiger partial charge in [-0.3, -0.25) is 4.79 Å². The predicted molar refractivity (Wildman–Crippen MR) is 56.8 cm³/mol. The van der Waals surface area contributed by atoms with Crippen LogP contribution in [0.5, 0.6) is 11.5 Å². The fourth-order valence-electron chi connectivity index (χ4n) is 1.94. The zero-order valence-corrected chi connectivity index (χ0v) is 9.11. The maximum Gasteiger partial charge on any atom is 0.164 e. The molecule has 0 aliphatic heterocycles. The summed E-state index contributed by atoms with van der Waals surface area (Å²) in [5.74, 6) is 0.703. The Labute approximate surface area is 93.4 Å². The first-order valence-corrected chi connectivity index (χ1v) is 4.90. The summed E-state index contributed by atoms with van der Waals surface area (Å²) in [7, 11) is 3.05. The van der Waals surface area contributed by atoms with E-state index in [-0.39, 0.29) is 18.1 Å². The van der Waals surface area contributed by atoms with Gasteiger partial charge < -0.3 is 9.47 Å². The number of ketones is 1. The zero-order valence-electron chi connectivity index (χ0n) is 9.11. The summed E-state index contributed by atoms with van der Waals surface area (Å²) in [5, 5.41) is 8.95. The van der Waals surface area contributed by atoms with Crippen molar-refractivity contribution in [3.63, 3.8) is 0 Å². The first-order chi connectivity index (χ1) is 7.71. The molecule has 0 aromatic heterocycles. The minimum atomic E-state index is -0.359. The van der Waals surface area contributed by atoms with E-state index in [2.05, 4.69) is 6.07 Å². The van der Waals surface area contributed by atoms with Crippen LogP contribution in [0.3, 0.4) is 0 Å². The molecule has 1 aromatic rings. The van der Waals surface area contributed by atoms with Crippen LogP contribution in [0.2, 0.25) is 0 Å². The first kappa shape index (κ1) is 10.5. The van der Waals surface area contributed by atoms with E-state index in [1.54, 1.807) is 12.1 Å². The van der Waals surface area contributed by atoms with Gasteiger partial charge in [0, 0.05) is 12.0 Å². The van der Waals surface area contributed by atoms with Crippen LogP contribution in [0.25, 0.3) is 0 Å². The third-order valence-corrected chi connectivity index (χ3v) is 2.78. The number of rotatable bonds is 2. The molecule has 0 saturated heterocycles. The van der Waals surface area contributed by atoms with Crippen LogP contribution in [-0.2, 0) is 0 Å². The Morgan fingerprint density at radius 1 is 1.31 bits per heavy atom. The molecule has 1 unspecified atom stereocenters. The van der Waals surface area contributed by atoms with Crippen molar-refractivity contribution in [1.82, 2.24) is 0 Å². The average Bonchev–Trinajstić information content (AvgIpc) is 2.63. The van der Waals surface area contributed by atoms with Gasteiger partial charge in [0.1, 0.15) is 0 Å². The monoisotopic (exact) mass is 217 g/mol. The minimum absolute atomic E-state index is 0.0116. The molecule has 0 heterocycles. The Balaban J connectivity index is 2.60. The maximum absolute atomic E-state index is 11.7. The number of nitrogens with zero attached hydrogens (tertiary/aromatic N) is 1. The van der Waals surface area contributed by atoms with E-state index in [0.717, 1.165) is 5.56 Å². The van der Waals surface area contributed by atoms with Crippen molar-refractivity contribution in [3.8, 4) is 17.6 Å². The summed E-state index contributed by atoms with van der Waals surface area (Å²) in [6, 6.07) is 5.48. The van der Waals surface area contributed by atoms with Gasteiger partial charge in [0.2, 0.25) is 0 Å². The Hall–Kier alpha value is -2.02. The van der Waals surface area contributed by atoms with Gasteiger partial charge in [0.25, 0.3) is 0 Å². The second-order valence-corrected chi connectivity index (χ2v) is 3.60.